The van der Waals surface area contributed by atoms with Gasteiger partial charge < -0.3 is 14.9 Å². The first kappa shape index (κ1) is 16.3. The molecule has 0 atom stereocenters. The van der Waals surface area contributed by atoms with E-state index in [0.29, 0.717) is 32.9 Å². The van der Waals surface area contributed by atoms with Crippen LogP contribution in [-0.4, -0.2) is 81.3 Å². The predicted molar refractivity (Wildman–Crippen MR) is 72.5 cm³/mol. The van der Waals surface area contributed by atoms with Gasteiger partial charge in [-0.25, -0.2) is 5.90 Å². The number of amides is 1. The van der Waals surface area contributed by atoms with Crippen molar-refractivity contribution in [3.8, 4) is 0 Å². The number of nitrogens with zero attached hydrogens (tertiary/aromatic N) is 2. The monoisotopic (exact) mass is 274 g/mol. The third-order valence-corrected chi connectivity index (χ3v) is 3.10. The highest BCUT2D eigenvalue weighted by atomic mass is 16.6. The first-order chi connectivity index (χ1) is 9.26. The summed E-state index contributed by atoms with van der Waals surface area (Å²) in [6.07, 6.45) is 0. The van der Waals surface area contributed by atoms with Gasteiger partial charge in [-0.3, -0.25) is 14.6 Å². The minimum absolute atomic E-state index is 0.112. The summed E-state index contributed by atoms with van der Waals surface area (Å²) in [5.74, 6) is 5.01. The molecule has 1 fully saturated rings. The predicted octanol–water partition coefficient (Wildman–Crippen LogP) is -1.35. The molecule has 1 rings (SSSR count). The zero-order valence-corrected chi connectivity index (χ0v) is 11.8. The molecule has 1 saturated heterocycles. The molecule has 0 bridgehead atoms. The van der Waals surface area contributed by atoms with Gasteiger partial charge in [-0.1, -0.05) is 0 Å². The molecule has 7 nitrogen and oxygen atoms in total. The maximum absolute atomic E-state index is 11.5. The van der Waals surface area contributed by atoms with E-state index in [4.69, 9.17) is 10.6 Å². The lowest BCUT2D eigenvalue weighted by atomic mass is 10.3. The van der Waals surface area contributed by atoms with Crippen molar-refractivity contribution in [3.05, 3.63) is 0 Å². The number of carbonyl (C=O) groups excluding carboxylic acids is 1. The Morgan fingerprint density at radius 2 is 1.84 bits per heavy atom. The molecule has 112 valence electrons. The number of piperazine rings is 1. The molecule has 0 saturated carbocycles. The zero-order chi connectivity index (χ0) is 13.9. The molecule has 3 N–H and O–H groups in total. The summed E-state index contributed by atoms with van der Waals surface area (Å²) in [4.78, 5) is 20.4. The van der Waals surface area contributed by atoms with Crippen molar-refractivity contribution < 1.29 is 14.4 Å². The maximum Gasteiger partial charge on any atom is 0.234 e. The molecule has 0 radical (unpaired) electrons. The SMILES string of the molecule is CCNC(=O)CN1CCN(CCOCCON)CC1. The van der Waals surface area contributed by atoms with Crippen LogP contribution in [-0.2, 0) is 14.4 Å². The van der Waals surface area contributed by atoms with Crippen LogP contribution in [0.25, 0.3) is 0 Å². The second kappa shape index (κ2) is 10.1. The van der Waals surface area contributed by atoms with Crippen LogP contribution in [0.4, 0.5) is 0 Å². The molecule has 1 aliphatic heterocycles. The average molecular weight is 274 g/mol. The molecule has 19 heavy (non-hydrogen) atoms. The van der Waals surface area contributed by atoms with Crippen LogP contribution in [0.5, 0.6) is 0 Å². The summed E-state index contributed by atoms with van der Waals surface area (Å²) >= 11 is 0. The molecular formula is C12H26N4O3. The Labute approximate surface area is 114 Å². The van der Waals surface area contributed by atoms with Crippen LogP contribution >= 0.6 is 0 Å². The molecule has 1 aliphatic rings. The van der Waals surface area contributed by atoms with Crippen molar-refractivity contribution in [2.75, 3.05) is 65.6 Å². The van der Waals surface area contributed by atoms with Crippen LogP contribution in [0.1, 0.15) is 6.92 Å². The average Bonchev–Trinajstić information content (AvgIpc) is 2.41. The molecule has 1 amide bonds. The van der Waals surface area contributed by atoms with Gasteiger partial charge in [0.15, 0.2) is 0 Å². The first-order valence-corrected chi connectivity index (χ1v) is 6.87. The van der Waals surface area contributed by atoms with Crippen molar-refractivity contribution in [2.45, 2.75) is 6.92 Å². The van der Waals surface area contributed by atoms with Gasteiger partial charge in [-0.15, -0.1) is 0 Å². The van der Waals surface area contributed by atoms with E-state index in [1.54, 1.807) is 0 Å². The molecule has 0 aromatic carbocycles. The van der Waals surface area contributed by atoms with E-state index in [9.17, 15) is 4.79 Å². The number of hydrogen-bond donors (Lipinski definition) is 2. The Kier molecular flexibility index (Phi) is 8.68. The van der Waals surface area contributed by atoms with Gasteiger partial charge in [-0.05, 0) is 6.92 Å². The van der Waals surface area contributed by atoms with Crippen molar-refractivity contribution in [2.24, 2.45) is 5.90 Å². The lowest BCUT2D eigenvalue weighted by molar-refractivity contribution is -0.122. The second-order valence-electron chi connectivity index (χ2n) is 4.55. The Hall–Kier alpha value is -0.730. The Bertz CT molecular complexity index is 245. The van der Waals surface area contributed by atoms with Gasteiger partial charge in [0, 0.05) is 39.3 Å². The Balaban J connectivity index is 2.03. The fourth-order valence-electron chi connectivity index (χ4n) is 2.03. The topological polar surface area (TPSA) is 80.1 Å². The van der Waals surface area contributed by atoms with E-state index < -0.39 is 0 Å². The summed E-state index contributed by atoms with van der Waals surface area (Å²) in [7, 11) is 0. The Morgan fingerprint density at radius 3 is 2.47 bits per heavy atom. The molecule has 0 aromatic rings. The second-order valence-corrected chi connectivity index (χ2v) is 4.55. The lowest BCUT2D eigenvalue weighted by Crippen LogP contribution is -2.50. The number of nitrogens with two attached hydrogens (primary N) is 1. The number of carbonyl (C=O) groups is 1. The van der Waals surface area contributed by atoms with Gasteiger partial charge >= 0.3 is 0 Å². The van der Waals surface area contributed by atoms with Crippen LogP contribution in [0.15, 0.2) is 0 Å². The van der Waals surface area contributed by atoms with Crippen molar-refractivity contribution in [3.63, 3.8) is 0 Å². The van der Waals surface area contributed by atoms with Crippen molar-refractivity contribution >= 4 is 5.91 Å². The normalized spacial score (nSPS) is 17.6. The van der Waals surface area contributed by atoms with Gasteiger partial charge in [0.05, 0.1) is 26.4 Å². The third kappa shape index (κ3) is 7.44. The minimum Gasteiger partial charge on any atom is -0.378 e. The summed E-state index contributed by atoms with van der Waals surface area (Å²) in [6, 6.07) is 0. The van der Waals surface area contributed by atoms with Crippen molar-refractivity contribution in [1.29, 1.82) is 0 Å². The summed E-state index contributed by atoms with van der Waals surface area (Å²) in [5.41, 5.74) is 0. The standard InChI is InChI=1S/C12H26N4O3/c1-2-14-12(17)11-16-5-3-15(4-6-16)7-8-18-9-10-19-13/h2-11,13H2,1H3,(H,14,17). The summed E-state index contributed by atoms with van der Waals surface area (Å²) in [5, 5.41) is 2.82. The van der Waals surface area contributed by atoms with Gasteiger partial charge in [-0.2, -0.15) is 0 Å². The molecule has 7 heteroatoms. The molecule has 0 aromatic heterocycles. The van der Waals surface area contributed by atoms with E-state index in [2.05, 4.69) is 20.0 Å². The largest absolute Gasteiger partial charge is 0.378 e. The molecule has 1 heterocycles. The summed E-state index contributed by atoms with van der Waals surface area (Å²) in [6.45, 7) is 9.55. The zero-order valence-electron chi connectivity index (χ0n) is 11.8. The number of hydrogen-bond acceptors (Lipinski definition) is 6. The molecule has 0 spiro atoms. The van der Waals surface area contributed by atoms with Crippen LogP contribution < -0.4 is 11.2 Å². The highest BCUT2D eigenvalue weighted by Crippen LogP contribution is 2.00. The fourth-order valence-corrected chi connectivity index (χ4v) is 2.03. The number of nitrogens with one attached hydrogen (secondary N) is 1. The van der Waals surface area contributed by atoms with Gasteiger partial charge in [0.2, 0.25) is 5.91 Å². The van der Waals surface area contributed by atoms with Crippen LogP contribution in [0.2, 0.25) is 0 Å². The third-order valence-electron chi connectivity index (χ3n) is 3.10. The summed E-state index contributed by atoms with van der Waals surface area (Å²) < 4.78 is 5.38. The number of rotatable bonds is 9. The lowest BCUT2D eigenvalue weighted by Gasteiger charge is -2.34. The van der Waals surface area contributed by atoms with E-state index >= 15 is 0 Å². The van der Waals surface area contributed by atoms with E-state index in [1.165, 1.54) is 0 Å². The quantitative estimate of drug-likeness (QED) is 0.400. The van der Waals surface area contributed by atoms with E-state index in [0.717, 1.165) is 32.7 Å². The first-order valence-electron chi connectivity index (χ1n) is 6.87. The van der Waals surface area contributed by atoms with E-state index in [1.807, 2.05) is 6.92 Å². The van der Waals surface area contributed by atoms with Gasteiger partial charge in [0.25, 0.3) is 0 Å². The molecule has 0 aliphatic carbocycles. The minimum atomic E-state index is 0.112. The highest BCUT2D eigenvalue weighted by molar-refractivity contribution is 5.77. The number of likely N-dealkylation sites (N-methyl/N-ethyl adjacent to an activating group) is 1. The maximum atomic E-state index is 11.5. The van der Waals surface area contributed by atoms with Crippen molar-refractivity contribution in [1.82, 2.24) is 15.1 Å². The molecular weight excluding hydrogens is 248 g/mol. The smallest absolute Gasteiger partial charge is 0.234 e. The van der Waals surface area contributed by atoms with Crippen LogP contribution in [0, 0.1) is 0 Å². The van der Waals surface area contributed by atoms with Gasteiger partial charge in [0.1, 0.15) is 0 Å². The number of ether oxygens (including phenoxy) is 1. The molecule has 0 unspecified atom stereocenters. The fraction of sp³-hybridized carbons (Fsp3) is 0.917. The Morgan fingerprint density at radius 1 is 1.16 bits per heavy atom. The van der Waals surface area contributed by atoms with E-state index in [-0.39, 0.29) is 5.91 Å². The van der Waals surface area contributed by atoms with Crippen LogP contribution in [0.3, 0.4) is 0 Å². The highest BCUT2D eigenvalue weighted by Gasteiger charge is 2.18.